The van der Waals surface area contributed by atoms with Crippen molar-refractivity contribution in [1.29, 1.82) is 0 Å². The molecule has 0 radical (unpaired) electrons. The van der Waals surface area contributed by atoms with Gasteiger partial charge in [-0.25, -0.2) is 4.98 Å². The van der Waals surface area contributed by atoms with Gasteiger partial charge in [0.1, 0.15) is 11.6 Å². The van der Waals surface area contributed by atoms with Gasteiger partial charge in [0.25, 0.3) is 0 Å². The van der Waals surface area contributed by atoms with E-state index in [0.29, 0.717) is 44.2 Å². The topological polar surface area (TPSA) is 49.6 Å². The number of pyridine rings is 1. The van der Waals surface area contributed by atoms with Crippen molar-refractivity contribution in [2.75, 3.05) is 31.1 Å². The molecular formula is C18H18F3N3O2. The molecule has 26 heavy (non-hydrogen) atoms. The second-order valence-electron chi connectivity index (χ2n) is 5.92. The lowest BCUT2D eigenvalue weighted by molar-refractivity contribution is -0.137. The summed E-state index contributed by atoms with van der Waals surface area (Å²) in [5, 5.41) is 0. The smallest absolute Gasteiger partial charge is 0.417 e. The number of alkyl halides is 3. The van der Waals surface area contributed by atoms with Gasteiger partial charge in [0.2, 0.25) is 5.91 Å². The number of amides is 1. The molecule has 0 saturated carbocycles. The standard InChI is InChI=1S/C18H18F3N3O2/c19-18(20,21)14-4-6-16(22-13-14)23-8-2-9-24(11-10-23)17(25)7-5-15-3-1-12-26-15/h1,3-7,12-13H,2,8-11H2/b7-5+. The van der Waals surface area contributed by atoms with Crippen LogP contribution in [0.1, 0.15) is 17.7 Å². The van der Waals surface area contributed by atoms with E-state index in [2.05, 4.69) is 4.98 Å². The molecule has 1 amide bonds. The van der Waals surface area contributed by atoms with Crippen molar-refractivity contribution in [1.82, 2.24) is 9.88 Å². The summed E-state index contributed by atoms with van der Waals surface area (Å²) in [4.78, 5) is 19.8. The largest absolute Gasteiger partial charge is 0.465 e. The fraction of sp³-hybridized carbons (Fsp3) is 0.333. The number of hydrogen-bond acceptors (Lipinski definition) is 4. The minimum absolute atomic E-state index is 0.122. The first kappa shape index (κ1) is 18.0. The third-order valence-electron chi connectivity index (χ3n) is 4.14. The van der Waals surface area contributed by atoms with Crippen LogP contribution in [0, 0.1) is 0 Å². The summed E-state index contributed by atoms with van der Waals surface area (Å²) < 4.78 is 43.0. The number of hydrogen-bond donors (Lipinski definition) is 0. The van der Waals surface area contributed by atoms with Gasteiger partial charge in [-0.15, -0.1) is 0 Å². The Balaban J connectivity index is 1.60. The van der Waals surface area contributed by atoms with Crippen LogP contribution < -0.4 is 4.90 Å². The van der Waals surface area contributed by atoms with Crippen molar-refractivity contribution >= 4 is 17.8 Å². The van der Waals surface area contributed by atoms with Crippen LogP contribution >= 0.6 is 0 Å². The van der Waals surface area contributed by atoms with Crippen molar-refractivity contribution in [3.05, 3.63) is 54.1 Å². The first-order chi connectivity index (χ1) is 12.4. The van der Waals surface area contributed by atoms with Gasteiger partial charge >= 0.3 is 6.18 Å². The maximum Gasteiger partial charge on any atom is 0.417 e. The predicted octanol–water partition coefficient (Wildman–Crippen LogP) is 3.45. The third-order valence-corrected chi connectivity index (χ3v) is 4.14. The van der Waals surface area contributed by atoms with Crippen molar-refractivity contribution in [2.45, 2.75) is 12.6 Å². The third kappa shape index (κ3) is 4.44. The van der Waals surface area contributed by atoms with Gasteiger partial charge in [0.15, 0.2) is 0 Å². The summed E-state index contributed by atoms with van der Waals surface area (Å²) in [6.45, 7) is 2.20. The Hall–Kier alpha value is -2.77. The quantitative estimate of drug-likeness (QED) is 0.782. The number of aromatic nitrogens is 1. The number of anilines is 1. The van der Waals surface area contributed by atoms with Gasteiger partial charge in [0, 0.05) is 38.5 Å². The lowest BCUT2D eigenvalue weighted by atomic mass is 10.2. The van der Waals surface area contributed by atoms with Crippen molar-refractivity contribution < 1.29 is 22.4 Å². The molecule has 5 nitrogen and oxygen atoms in total. The highest BCUT2D eigenvalue weighted by atomic mass is 19.4. The molecule has 0 aromatic carbocycles. The minimum Gasteiger partial charge on any atom is -0.465 e. The Morgan fingerprint density at radius 1 is 1.15 bits per heavy atom. The summed E-state index contributed by atoms with van der Waals surface area (Å²) in [5.74, 6) is 0.964. The molecule has 0 atom stereocenters. The highest BCUT2D eigenvalue weighted by molar-refractivity contribution is 5.91. The van der Waals surface area contributed by atoms with Crippen LogP contribution in [0.5, 0.6) is 0 Å². The van der Waals surface area contributed by atoms with Crippen molar-refractivity contribution in [2.24, 2.45) is 0 Å². The Morgan fingerprint density at radius 2 is 2.00 bits per heavy atom. The second-order valence-corrected chi connectivity index (χ2v) is 5.92. The molecule has 0 bridgehead atoms. The minimum atomic E-state index is -4.39. The van der Waals surface area contributed by atoms with Gasteiger partial charge in [0.05, 0.1) is 11.8 Å². The molecular weight excluding hydrogens is 347 g/mol. The first-order valence-corrected chi connectivity index (χ1v) is 8.22. The number of furan rings is 1. The molecule has 1 aliphatic heterocycles. The summed E-state index contributed by atoms with van der Waals surface area (Å²) in [7, 11) is 0. The normalized spacial score (nSPS) is 16.1. The average molecular weight is 365 g/mol. The van der Waals surface area contributed by atoms with Gasteiger partial charge in [-0.2, -0.15) is 13.2 Å². The molecule has 0 spiro atoms. The van der Waals surface area contributed by atoms with E-state index < -0.39 is 11.7 Å². The van der Waals surface area contributed by atoms with E-state index in [1.165, 1.54) is 18.4 Å². The van der Waals surface area contributed by atoms with Crippen LogP contribution in [0.2, 0.25) is 0 Å². The van der Waals surface area contributed by atoms with Gasteiger partial charge in [-0.3, -0.25) is 4.79 Å². The number of carbonyl (C=O) groups is 1. The predicted molar refractivity (Wildman–Crippen MR) is 90.4 cm³/mol. The van der Waals surface area contributed by atoms with Crippen LogP contribution in [0.4, 0.5) is 19.0 Å². The molecule has 3 rings (SSSR count). The summed E-state index contributed by atoms with van der Waals surface area (Å²) in [5.41, 5.74) is -0.768. The lowest BCUT2D eigenvalue weighted by Gasteiger charge is -2.22. The highest BCUT2D eigenvalue weighted by Gasteiger charge is 2.31. The number of rotatable bonds is 3. The molecule has 2 aromatic rings. The molecule has 0 N–H and O–H groups in total. The van der Waals surface area contributed by atoms with Crippen LogP contribution in [-0.4, -0.2) is 42.0 Å². The highest BCUT2D eigenvalue weighted by Crippen LogP contribution is 2.29. The maximum absolute atomic E-state index is 12.6. The van der Waals surface area contributed by atoms with E-state index in [0.717, 1.165) is 12.3 Å². The van der Waals surface area contributed by atoms with E-state index in [-0.39, 0.29) is 5.91 Å². The molecule has 1 saturated heterocycles. The molecule has 8 heteroatoms. The molecule has 0 unspecified atom stereocenters. The molecule has 2 aromatic heterocycles. The summed E-state index contributed by atoms with van der Waals surface area (Å²) in [6.07, 6.45) is 1.77. The van der Waals surface area contributed by atoms with Crippen LogP contribution in [0.15, 0.2) is 47.2 Å². The second kappa shape index (κ2) is 7.63. The fourth-order valence-electron chi connectivity index (χ4n) is 2.75. The SMILES string of the molecule is O=C(/C=C/c1ccco1)N1CCCN(c2ccc(C(F)(F)F)cn2)CC1. The van der Waals surface area contributed by atoms with E-state index in [9.17, 15) is 18.0 Å². The Labute approximate surface area is 148 Å². The molecule has 1 aliphatic rings. The van der Waals surface area contributed by atoms with Crippen LogP contribution in [0.3, 0.4) is 0 Å². The van der Waals surface area contributed by atoms with Gasteiger partial charge < -0.3 is 14.2 Å². The lowest BCUT2D eigenvalue weighted by Crippen LogP contribution is -2.34. The average Bonchev–Trinajstić information content (AvgIpc) is 3.01. The molecule has 138 valence electrons. The number of halogens is 3. The van der Waals surface area contributed by atoms with E-state index in [4.69, 9.17) is 4.42 Å². The van der Waals surface area contributed by atoms with E-state index in [1.807, 2.05) is 4.90 Å². The zero-order valence-corrected chi connectivity index (χ0v) is 13.9. The van der Waals surface area contributed by atoms with Crippen molar-refractivity contribution in [3.8, 4) is 0 Å². The Morgan fingerprint density at radius 3 is 2.65 bits per heavy atom. The van der Waals surface area contributed by atoms with E-state index >= 15 is 0 Å². The number of carbonyl (C=O) groups excluding carboxylic acids is 1. The van der Waals surface area contributed by atoms with Crippen molar-refractivity contribution in [3.63, 3.8) is 0 Å². The summed E-state index contributed by atoms with van der Waals surface area (Å²) in [6, 6.07) is 5.90. The first-order valence-electron chi connectivity index (χ1n) is 8.22. The molecule has 0 aliphatic carbocycles. The van der Waals surface area contributed by atoms with Crippen LogP contribution in [0.25, 0.3) is 6.08 Å². The zero-order chi connectivity index (χ0) is 18.6. The molecule has 1 fully saturated rings. The maximum atomic E-state index is 12.6. The summed E-state index contributed by atoms with van der Waals surface area (Å²) >= 11 is 0. The Kier molecular flexibility index (Phi) is 5.29. The zero-order valence-electron chi connectivity index (χ0n) is 13.9. The van der Waals surface area contributed by atoms with Gasteiger partial charge in [-0.1, -0.05) is 0 Å². The van der Waals surface area contributed by atoms with E-state index in [1.54, 1.807) is 23.1 Å². The molecule has 3 heterocycles. The Bertz CT molecular complexity index is 755. The monoisotopic (exact) mass is 365 g/mol. The number of nitrogens with zero attached hydrogens (tertiary/aromatic N) is 3. The van der Waals surface area contributed by atoms with Gasteiger partial charge in [-0.05, 0) is 36.8 Å². The van der Waals surface area contributed by atoms with Crippen LogP contribution in [-0.2, 0) is 11.0 Å². The fourth-order valence-corrected chi connectivity index (χ4v) is 2.75.